The molecule has 0 aromatic heterocycles. The highest BCUT2D eigenvalue weighted by molar-refractivity contribution is 5.76. The van der Waals surface area contributed by atoms with Crippen molar-refractivity contribution < 1.29 is 15.0 Å². The third kappa shape index (κ3) is 37.6. The van der Waals surface area contributed by atoms with Gasteiger partial charge in [-0.3, -0.25) is 4.79 Å². The molecule has 0 aromatic carbocycles. The third-order valence-electron chi connectivity index (χ3n) is 9.76. The van der Waals surface area contributed by atoms with Crippen molar-refractivity contribution in [2.75, 3.05) is 6.61 Å². The summed E-state index contributed by atoms with van der Waals surface area (Å²) in [6, 6.07) is -0.645. The Morgan fingerprint density at radius 1 is 0.460 bits per heavy atom. The number of hydrogen-bond acceptors (Lipinski definition) is 3. The number of amides is 1. The van der Waals surface area contributed by atoms with Gasteiger partial charge in [-0.1, -0.05) is 197 Å². The largest absolute Gasteiger partial charge is 0.394 e. The van der Waals surface area contributed by atoms with E-state index in [-0.39, 0.29) is 12.5 Å². The minimum absolute atomic E-state index is 0.0811. The Bertz CT molecular complexity index is 801. The molecule has 0 rings (SSSR count). The van der Waals surface area contributed by atoms with E-state index in [4.69, 9.17) is 0 Å². The van der Waals surface area contributed by atoms with Crippen molar-refractivity contribution in [3.05, 3.63) is 48.6 Å². The molecular formula is C46H85NO3. The van der Waals surface area contributed by atoms with E-state index in [1.54, 1.807) is 6.08 Å². The van der Waals surface area contributed by atoms with Gasteiger partial charge in [0.1, 0.15) is 0 Å². The molecule has 1 amide bonds. The summed E-state index contributed by atoms with van der Waals surface area (Å²) >= 11 is 0. The number of nitrogens with one attached hydrogen (secondary N) is 1. The molecule has 2 unspecified atom stereocenters. The molecule has 4 nitrogen and oxygen atoms in total. The van der Waals surface area contributed by atoms with Crippen LogP contribution in [0.1, 0.15) is 219 Å². The normalized spacial score (nSPS) is 13.4. The number of unbranched alkanes of at least 4 members (excludes halogenated alkanes) is 26. The van der Waals surface area contributed by atoms with Gasteiger partial charge in [-0.25, -0.2) is 0 Å². The van der Waals surface area contributed by atoms with Crippen LogP contribution in [0.15, 0.2) is 48.6 Å². The lowest BCUT2D eigenvalue weighted by Gasteiger charge is -2.19. The van der Waals surface area contributed by atoms with Crippen LogP contribution in [0.3, 0.4) is 0 Å². The van der Waals surface area contributed by atoms with Crippen LogP contribution < -0.4 is 5.32 Å². The Balaban J connectivity index is 3.54. The van der Waals surface area contributed by atoms with Crippen molar-refractivity contribution in [2.45, 2.75) is 231 Å². The predicted molar refractivity (Wildman–Crippen MR) is 221 cm³/mol. The first-order chi connectivity index (χ1) is 24.7. The Hall–Kier alpha value is -1.65. The Morgan fingerprint density at radius 2 is 0.800 bits per heavy atom. The molecule has 0 saturated carbocycles. The molecule has 2 atom stereocenters. The highest BCUT2D eigenvalue weighted by Crippen LogP contribution is 2.14. The molecular weight excluding hydrogens is 615 g/mol. The van der Waals surface area contributed by atoms with Gasteiger partial charge in [0, 0.05) is 6.42 Å². The number of rotatable bonds is 39. The topological polar surface area (TPSA) is 69.6 Å². The van der Waals surface area contributed by atoms with E-state index in [1.165, 1.54) is 161 Å². The fraction of sp³-hybridized carbons (Fsp3) is 0.804. The summed E-state index contributed by atoms with van der Waals surface area (Å²) in [5.74, 6) is -0.0811. The average molecular weight is 700 g/mol. The molecule has 3 N–H and O–H groups in total. The first-order valence-corrected chi connectivity index (χ1v) is 21.9. The standard InChI is InChI=1S/C46H85NO3/c1-3-5-7-9-11-13-15-17-18-19-20-21-22-23-24-25-26-27-28-29-30-32-34-36-38-40-42-46(50)47-44(43-48)45(49)41-39-37-35-33-31-16-14-12-10-8-6-4-2/h10,12,23-24,31,33,39,41,44-45,48-49H,3-9,11,13-22,25-30,32,34-38,40,42-43H2,1-2H3,(H,47,50)/b12-10+,24-23-,33-31+,41-39+. The van der Waals surface area contributed by atoms with Crippen LogP contribution in [0.4, 0.5) is 0 Å². The molecule has 0 spiro atoms. The third-order valence-corrected chi connectivity index (χ3v) is 9.76. The van der Waals surface area contributed by atoms with Gasteiger partial charge in [-0.15, -0.1) is 0 Å². The molecule has 50 heavy (non-hydrogen) atoms. The lowest BCUT2D eigenvalue weighted by molar-refractivity contribution is -0.123. The Labute approximate surface area is 312 Å². The summed E-state index contributed by atoms with van der Waals surface area (Å²) < 4.78 is 0. The molecule has 0 radical (unpaired) electrons. The first-order valence-electron chi connectivity index (χ1n) is 21.9. The van der Waals surface area contributed by atoms with Gasteiger partial charge in [0.2, 0.25) is 5.91 Å². The molecule has 4 heteroatoms. The number of aliphatic hydroxyl groups is 2. The lowest BCUT2D eigenvalue weighted by atomic mass is 10.0. The number of carbonyl (C=O) groups excluding carboxylic acids is 1. The van der Waals surface area contributed by atoms with Gasteiger partial charge in [-0.05, 0) is 64.2 Å². The summed E-state index contributed by atoms with van der Waals surface area (Å²) in [5, 5.41) is 22.9. The van der Waals surface area contributed by atoms with Gasteiger partial charge in [0.15, 0.2) is 0 Å². The monoisotopic (exact) mass is 700 g/mol. The molecule has 0 aliphatic rings. The van der Waals surface area contributed by atoms with E-state index >= 15 is 0 Å². The second kappa shape index (κ2) is 41.8. The summed E-state index contributed by atoms with van der Waals surface area (Å²) in [6.45, 7) is 4.24. The van der Waals surface area contributed by atoms with E-state index in [2.05, 4.69) is 55.6 Å². The van der Waals surface area contributed by atoms with E-state index in [1.807, 2.05) is 6.08 Å². The van der Waals surface area contributed by atoms with Crippen molar-refractivity contribution in [1.82, 2.24) is 5.32 Å². The van der Waals surface area contributed by atoms with Crippen LogP contribution in [0, 0.1) is 0 Å². The predicted octanol–water partition coefficient (Wildman–Crippen LogP) is 13.6. The summed E-state index contributed by atoms with van der Waals surface area (Å²) in [6.07, 6.45) is 56.6. The zero-order valence-corrected chi connectivity index (χ0v) is 33.4. The van der Waals surface area contributed by atoms with E-state index < -0.39 is 12.1 Å². The minimum atomic E-state index is -0.869. The number of aliphatic hydroxyl groups excluding tert-OH is 2. The van der Waals surface area contributed by atoms with Gasteiger partial charge in [0.05, 0.1) is 18.8 Å². The lowest BCUT2D eigenvalue weighted by Crippen LogP contribution is -2.45. The van der Waals surface area contributed by atoms with Crippen LogP contribution >= 0.6 is 0 Å². The van der Waals surface area contributed by atoms with E-state index in [9.17, 15) is 15.0 Å². The second-order valence-electron chi connectivity index (χ2n) is 14.7. The van der Waals surface area contributed by atoms with Gasteiger partial charge in [0.25, 0.3) is 0 Å². The fourth-order valence-electron chi connectivity index (χ4n) is 6.37. The molecule has 0 bridgehead atoms. The molecule has 0 aliphatic heterocycles. The summed E-state index contributed by atoms with van der Waals surface area (Å²) in [4.78, 5) is 12.4. The van der Waals surface area contributed by atoms with Crippen molar-refractivity contribution in [3.63, 3.8) is 0 Å². The van der Waals surface area contributed by atoms with Gasteiger partial charge in [-0.2, -0.15) is 0 Å². The van der Waals surface area contributed by atoms with Crippen LogP contribution in [-0.2, 0) is 4.79 Å². The average Bonchev–Trinajstić information content (AvgIpc) is 3.12. The van der Waals surface area contributed by atoms with E-state index in [0.29, 0.717) is 6.42 Å². The zero-order chi connectivity index (χ0) is 36.4. The molecule has 292 valence electrons. The number of carbonyl (C=O) groups is 1. The van der Waals surface area contributed by atoms with Crippen LogP contribution in [0.5, 0.6) is 0 Å². The highest BCUT2D eigenvalue weighted by Gasteiger charge is 2.17. The quantitative estimate of drug-likeness (QED) is 0.0442. The summed E-state index contributed by atoms with van der Waals surface area (Å²) in [5.41, 5.74) is 0. The van der Waals surface area contributed by atoms with Crippen LogP contribution in [-0.4, -0.2) is 34.9 Å². The second-order valence-corrected chi connectivity index (χ2v) is 14.7. The molecule has 0 saturated heterocycles. The SMILES string of the molecule is CCCC/C=C/CC/C=C/CC/C=C/C(O)C(CO)NC(=O)CCCCCCCCCCCC/C=C\CCCCCCCCCCCCCC. The smallest absolute Gasteiger partial charge is 0.220 e. The first kappa shape index (κ1) is 48.3. The summed E-state index contributed by atoms with van der Waals surface area (Å²) in [7, 11) is 0. The maximum absolute atomic E-state index is 12.4. The van der Waals surface area contributed by atoms with Crippen molar-refractivity contribution in [3.8, 4) is 0 Å². The fourth-order valence-corrected chi connectivity index (χ4v) is 6.37. The van der Waals surface area contributed by atoms with Crippen molar-refractivity contribution >= 4 is 5.91 Å². The number of hydrogen-bond donors (Lipinski definition) is 3. The maximum atomic E-state index is 12.4. The highest BCUT2D eigenvalue weighted by atomic mass is 16.3. The van der Waals surface area contributed by atoms with Crippen molar-refractivity contribution in [2.24, 2.45) is 0 Å². The van der Waals surface area contributed by atoms with Crippen molar-refractivity contribution in [1.29, 1.82) is 0 Å². The maximum Gasteiger partial charge on any atom is 0.220 e. The number of allylic oxidation sites excluding steroid dienone is 7. The molecule has 0 aromatic rings. The Morgan fingerprint density at radius 3 is 1.22 bits per heavy atom. The van der Waals surface area contributed by atoms with Gasteiger partial charge < -0.3 is 15.5 Å². The zero-order valence-electron chi connectivity index (χ0n) is 33.4. The molecule has 0 fully saturated rings. The minimum Gasteiger partial charge on any atom is -0.394 e. The molecule has 0 aliphatic carbocycles. The van der Waals surface area contributed by atoms with Gasteiger partial charge >= 0.3 is 0 Å². The molecule has 0 heterocycles. The van der Waals surface area contributed by atoms with E-state index in [0.717, 1.165) is 38.5 Å². The van der Waals surface area contributed by atoms with Crippen LogP contribution in [0.25, 0.3) is 0 Å². The van der Waals surface area contributed by atoms with Crippen LogP contribution in [0.2, 0.25) is 0 Å². The Kier molecular flexibility index (Phi) is 40.4.